The molecule has 0 saturated carbocycles. The minimum absolute atomic E-state index is 0.0475. The van der Waals surface area contributed by atoms with E-state index in [-0.39, 0.29) is 6.03 Å². The summed E-state index contributed by atoms with van der Waals surface area (Å²) in [6, 6.07) is -0.0475. The van der Waals surface area contributed by atoms with Crippen molar-refractivity contribution < 1.29 is 4.79 Å². The summed E-state index contributed by atoms with van der Waals surface area (Å²) < 4.78 is 0. The molecule has 0 unspecified atom stereocenters. The smallest absolute Gasteiger partial charge is 0.323 e. The Morgan fingerprint density at radius 3 is 2.60 bits per heavy atom. The fourth-order valence-electron chi connectivity index (χ4n) is 1.31. The molecule has 2 amide bonds. The summed E-state index contributed by atoms with van der Waals surface area (Å²) in [4.78, 5) is 17.6. The van der Waals surface area contributed by atoms with E-state index in [0.29, 0.717) is 5.13 Å². The lowest BCUT2D eigenvalue weighted by Crippen LogP contribution is -2.36. The first-order valence-corrected chi connectivity index (χ1v) is 6.11. The standard InChI is InChI=1S/C10H17N3OS/c1-3-6-13(7-4-2)10(14)12-9-11-5-8-15-9/h5,8H,3-4,6-7H2,1-2H3,(H,11,12,14). The second kappa shape index (κ2) is 6.40. The van der Waals surface area contributed by atoms with E-state index in [1.54, 1.807) is 6.20 Å². The van der Waals surface area contributed by atoms with Gasteiger partial charge in [-0.1, -0.05) is 13.8 Å². The molecule has 84 valence electrons. The van der Waals surface area contributed by atoms with E-state index in [9.17, 15) is 4.79 Å². The molecule has 0 aromatic carbocycles. The van der Waals surface area contributed by atoms with Crippen molar-refractivity contribution in [3.63, 3.8) is 0 Å². The lowest BCUT2D eigenvalue weighted by Gasteiger charge is -2.20. The molecule has 4 nitrogen and oxygen atoms in total. The van der Waals surface area contributed by atoms with Gasteiger partial charge in [0.15, 0.2) is 5.13 Å². The van der Waals surface area contributed by atoms with Crippen LogP contribution in [0.5, 0.6) is 0 Å². The van der Waals surface area contributed by atoms with Gasteiger partial charge in [-0.25, -0.2) is 9.78 Å². The Hall–Kier alpha value is -1.10. The van der Waals surface area contributed by atoms with Gasteiger partial charge in [0, 0.05) is 24.7 Å². The van der Waals surface area contributed by atoms with Crippen LogP contribution in [0.3, 0.4) is 0 Å². The summed E-state index contributed by atoms with van der Waals surface area (Å²) >= 11 is 1.44. The fourth-order valence-corrected chi connectivity index (χ4v) is 1.83. The predicted molar refractivity (Wildman–Crippen MR) is 63.3 cm³/mol. The van der Waals surface area contributed by atoms with E-state index in [2.05, 4.69) is 24.1 Å². The van der Waals surface area contributed by atoms with E-state index in [1.807, 2.05) is 10.3 Å². The Labute approximate surface area is 94.3 Å². The summed E-state index contributed by atoms with van der Waals surface area (Å²) in [5.41, 5.74) is 0. The molecular weight excluding hydrogens is 210 g/mol. The molecule has 0 saturated heterocycles. The van der Waals surface area contributed by atoms with Crippen molar-refractivity contribution in [2.24, 2.45) is 0 Å². The van der Waals surface area contributed by atoms with Crippen LogP contribution in [-0.2, 0) is 0 Å². The first kappa shape index (κ1) is 12.0. The van der Waals surface area contributed by atoms with Crippen molar-refractivity contribution in [3.05, 3.63) is 11.6 Å². The van der Waals surface area contributed by atoms with Gasteiger partial charge in [-0.15, -0.1) is 11.3 Å². The third-order valence-electron chi connectivity index (χ3n) is 1.92. The molecule has 0 aliphatic rings. The van der Waals surface area contributed by atoms with Crippen LogP contribution in [0.15, 0.2) is 11.6 Å². The Morgan fingerprint density at radius 1 is 1.47 bits per heavy atom. The van der Waals surface area contributed by atoms with Crippen molar-refractivity contribution in [1.29, 1.82) is 0 Å². The number of urea groups is 1. The van der Waals surface area contributed by atoms with Crippen molar-refractivity contribution >= 4 is 22.5 Å². The highest BCUT2D eigenvalue weighted by Crippen LogP contribution is 2.11. The van der Waals surface area contributed by atoms with Gasteiger partial charge in [0.1, 0.15) is 0 Å². The van der Waals surface area contributed by atoms with E-state index >= 15 is 0 Å². The van der Waals surface area contributed by atoms with Crippen molar-refractivity contribution in [2.45, 2.75) is 26.7 Å². The van der Waals surface area contributed by atoms with Crippen LogP contribution in [-0.4, -0.2) is 29.0 Å². The summed E-state index contributed by atoms with van der Waals surface area (Å²) in [6.07, 6.45) is 3.64. The third-order valence-corrected chi connectivity index (χ3v) is 2.61. The maximum atomic E-state index is 11.8. The van der Waals surface area contributed by atoms with E-state index in [1.165, 1.54) is 11.3 Å². The highest BCUT2D eigenvalue weighted by Gasteiger charge is 2.12. The van der Waals surface area contributed by atoms with Gasteiger partial charge in [0.05, 0.1) is 0 Å². The lowest BCUT2D eigenvalue weighted by atomic mass is 10.4. The van der Waals surface area contributed by atoms with Crippen molar-refractivity contribution in [1.82, 2.24) is 9.88 Å². The van der Waals surface area contributed by atoms with Crippen molar-refractivity contribution in [2.75, 3.05) is 18.4 Å². The maximum Gasteiger partial charge on any atom is 0.323 e. The van der Waals surface area contributed by atoms with Gasteiger partial charge >= 0.3 is 6.03 Å². The van der Waals surface area contributed by atoms with Crippen LogP contribution in [0.25, 0.3) is 0 Å². The average Bonchev–Trinajstić information content (AvgIpc) is 2.70. The number of nitrogens with zero attached hydrogens (tertiary/aromatic N) is 2. The summed E-state index contributed by atoms with van der Waals surface area (Å²) in [7, 11) is 0. The van der Waals surface area contributed by atoms with Gasteiger partial charge in [-0.3, -0.25) is 5.32 Å². The molecule has 0 spiro atoms. The number of nitrogens with one attached hydrogen (secondary N) is 1. The highest BCUT2D eigenvalue weighted by atomic mass is 32.1. The normalized spacial score (nSPS) is 10.0. The Bertz CT molecular complexity index is 281. The monoisotopic (exact) mass is 227 g/mol. The summed E-state index contributed by atoms with van der Waals surface area (Å²) in [5, 5.41) is 5.30. The van der Waals surface area contributed by atoms with Crippen molar-refractivity contribution in [3.8, 4) is 0 Å². The highest BCUT2D eigenvalue weighted by molar-refractivity contribution is 7.13. The molecule has 0 aliphatic carbocycles. The quantitative estimate of drug-likeness (QED) is 0.840. The zero-order valence-electron chi connectivity index (χ0n) is 9.19. The molecule has 0 aliphatic heterocycles. The zero-order chi connectivity index (χ0) is 11.1. The molecule has 0 bridgehead atoms. The van der Waals surface area contributed by atoms with Crippen LogP contribution in [0, 0.1) is 0 Å². The number of rotatable bonds is 5. The number of hydrogen-bond donors (Lipinski definition) is 1. The second-order valence-corrected chi connectivity index (χ2v) is 4.15. The Morgan fingerprint density at radius 2 is 2.13 bits per heavy atom. The average molecular weight is 227 g/mol. The molecule has 5 heteroatoms. The molecule has 1 aromatic rings. The SMILES string of the molecule is CCCN(CCC)C(=O)Nc1nccs1. The molecule has 1 rings (SSSR count). The van der Waals surface area contributed by atoms with Gasteiger partial charge in [0.2, 0.25) is 0 Å². The number of carbonyl (C=O) groups is 1. The van der Waals surface area contributed by atoms with E-state index in [4.69, 9.17) is 0 Å². The molecule has 0 fully saturated rings. The largest absolute Gasteiger partial charge is 0.325 e. The van der Waals surface area contributed by atoms with Crippen LogP contribution < -0.4 is 5.32 Å². The van der Waals surface area contributed by atoms with Gasteiger partial charge < -0.3 is 4.90 Å². The van der Waals surface area contributed by atoms with Crippen LogP contribution in [0.4, 0.5) is 9.93 Å². The summed E-state index contributed by atoms with van der Waals surface area (Å²) in [5.74, 6) is 0. The van der Waals surface area contributed by atoms with Crippen LogP contribution >= 0.6 is 11.3 Å². The Kier molecular flexibility index (Phi) is 5.10. The molecule has 1 N–H and O–H groups in total. The van der Waals surface area contributed by atoms with Crippen LogP contribution in [0.2, 0.25) is 0 Å². The summed E-state index contributed by atoms with van der Waals surface area (Å²) in [6.45, 7) is 5.73. The van der Waals surface area contributed by atoms with Gasteiger partial charge in [0.25, 0.3) is 0 Å². The molecule has 1 heterocycles. The zero-order valence-corrected chi connectivity index (χ0v) is 10.0. The number of aromatic nitrogens is 1. The molecule has 15 heavy (non-hydrogen) atoms. The molecule has 1 aromatic heterocycles. The predicted octanol–water partition coefficient (Wildman–Crippen LogP) is 2.80. The maximum absolute atomic E-state index is 11.8. The number of anilines is 1. The Balaban J connectivity index is 2.48. The second-order valence-electron chi connectivity index (χ2n) is 3.25. The first-order valence-electron chi connectivity index (χ1n) is 5.23. The van der Waals surface area contributed by atoms with E-state index < -0.39 is 0 Å². The third kappa shape index (κ3) is 3.87. The minimum Gasteiger partial charge on any atom is -0.325 e. The number of hydrogen-bond acceptors (Lipinski definition) is 3. The molecule has 0 atom stereocenters. The molecule has 0 radical (unpaired) electrons. The first-order chi connectivity index (χ1) is 7.27. The fraction of sp³-hybridized carbons (Fsp3) is 0.600. The minimum atomic E-state index is -0.0475. The number of amides is 2. The lowest BCUT2D eigenvalue weighted by molar-refractivity contribution is 0.211. The topological polar surface area (TPSA) is 45.2 Å². The van der Waals surface area contributed by atoms with E-state index in [0.717, 1.165) is 25.9 Å². The molecular formula is C10H17N3OS. The number of thiazole rings is 1. The van der Waals surface area contributed by atoms with Gasteiger partial charge in [-0.05, 0) is 12.8 Å². The number of carbonyl (C=O) groups excluding carboxylic acids is 1. The van der Waals surface area contributed by atoms with Gasteiger partial charge in [-0.2, -0.15) is 0 Å². The van der Waals surface area contributed by atoms with Crippen LogP contribution in [0.1, 0.15) is 26.7 Å².